The van der Waals surface area contributed by atoms with Crippen LogP contribution in [0.4, 0.5) is 5.69 Å². The van der Waals surface area contributed by atoms with Crippen molar-refractivity contribution in [2.75, 3.05) is 12.3 Å². The molecule has 0 saturated heterocycles. The second-order valence-corrected chi connectivity index (χ2v) is 5.98. The van der Waals surface area contributed by atoms with Gasteiger partial charge in [-0.1, -0.05) is 24.6 Å². The van der Waals surface area contributed by atoms with E-state index < -0.39 is 6.10 Å². The van der Waals surface area contributed by atoms with Crippen LogP contribution in [-0.4, -0.2) is 17.2 Å². The summed E-state index contributed by atoms with van der Waals surface area (Å²) in [5.41, 5.74) is 8.25. The van der Waals surface area contributed by atoms with Gasteiger partial charge in [-0.25, -0.2) is 0 Å². The highest BCUT2D eigenvalue weighted by Crippen LogP contribution is 2.28. The number of nitrogens with two attached hydrogens (primary N) is 1. The zero-order valence-electron chi connectivity index (χ0n) is 11.5. The van der Waals surface area contributed by atoms with Gasteiger partial charge in [0.05, 0.1) is 16.8 Å². The molecule has 1 unspecified atom stereocenters. The molecule has 102 valence electrons. The quantitative estimate of drug-likeness (QED) is 0.738. The third kappa shape index (κ3) is 4.16. The summed E-state index contributed by atoms with van der Waals surface area (Å²) in [6, 6.07) is 3.67. The lowest BCUT2D eigenvalue weighted by atomic mass is 10.0. The van der Waals surface area contributed by atoms with Gasteiger partial charge in [-0.3, -0.25) is 0 Å². The standard InChI is InChI=1S/C14H23ClN2O/c1-5-9-6-10(7-11(15)13(9)16)12(18)8-17-14(2,3)4/h6-7,12,17-18H,5,8,16H2,1-4H3. The molecule has 1 aromatic carbocycles. The smallest absolute Gasteiger partial charge is 0.0915 e. The normalized spacial score (nSPS) is 13.7. The Morgan fingerprint density at radius 3 is 2.50 bits per heavy atom. The number of nitrogens with one attached hydrogen (secondary N) is 1. The van der Waals surface area contributed by atoms with E-state index in [0.717, 1.165) is 17.5 Å². The highest BCUT2D eigenvalue weighted by Gasteiger charge is 2.15. The van der Waals surface area contributed by atoms with Crippen LogP contribution in [0.2, 0.25) is 5.02 Å². The van der Waals surface area contributed by atoms with Crippen molar-refractivity contribution < 1.29 is 5.11 Å². The summed E-state index contributed by atoms with van der Waals surface area (Å²) in [4.78, 5) is 0. The second-order valence-electron chi connectivity index (χ2n) is 5.58. The number of aliphatic hydroxyl groups excluding tert-OH is 1. The summed E-state index contributed by atoms with van der Waals surface area (Å²) >= 11 is 6.08. The van der Waals surface area contributed by atoms with Crippen molar-refractivity contribution >= 4 is 17.3 Å². The van der Waals surface area contributed by atoms with Gasteiger partial charge in [0, 0.05) is 12.1 Å². The summed E-state index contributed by atoms with van der Waals surface area (Å²) in [5.74, 6) is 0. The summed E-state index contributed by atoms with van der Waals surface area (Å²) < 4.78 is 0. The molecule has 0 heterocycles. The summed E-state index contributed by atoms with van der Waals surface area (Å²) in [6.07, 6.45) is 0.228. The Hall–Kier alpha value is -0.770. The fourth-order valence-corrected chi connectivity index (χ4v) is 1.95. The molecule has 3 nitrogen and oxygen atoms in total. The molecule has 0 aliphatic rings. The van der Waals surface area contributed by atoms with E-state index in [-0.39, 0.29) is 5.54 Å². The largest absolute Gasteiger partial charge is 0.397 e. The third-order valence-corrected chi connectivity index (χ3v) is 3.14. The Morgan fingerprint density at radius 1 is 1.39 bits per heavy atom. The number of benzene rings is 1. The van der Waals surface area contributed by atoms with E-state index in [4.69, 9.17) is 17.3 Å². The molecule has 1 atom stereocenters. The second kappa shape index (κ2) is 5.91. The van der Waals surface area contributed by atoms with Crippen LogP contribution in [0.25, 0.3) is 0 Å². The Morgan fingerprint density at radius 2 is 2.00 bits per heavy atom. The molecule has 0 aromatic heterocycles. The number of nitrogen functional groups attached to an aromatic ring is 1. The topological polar surface area (TPSA) is 58.3 Å². The van der Waals surface area contributed by atoms with Crippen LogP contribution in [-0.2, 0) is 6.42 Å². The number of hydrogen-bond acceptors (Lipinski definition) is 3. The van der Waals surface area contributed by atoms with Crippen molar-refractivity contribution in [1.29, 1.82) is 0 Å². The minimum atomic E-state index is -0.576. The lowest BCUT2D eigenvalue weighted by Crippen LogP contribution is -2.38. The van der Waals surface area contributed by atoms with Gasteiger partial charge in [-0.15, -0.1) is 0 Å². The van der Waals surface area contributed by atoms with Gasteiger partial charge in [-0.2, -0.15) is 0 Å². The molecule has 0 aliphatic carbocycles. The molecule has 4 heteroatoms. The van der Waals surface area contributed by atoms with Crippen LogP contribution in [0, 0.1) is 0 Å². The molecule has 1 aromatic rings. The number of rotatable bonds is 4. The van der Waals surface area contributed by atoms with Gasteiger partial charge in [-0.05, 0) is 44.4 Å². The highest BCUT2D eigenvalue weighted by atomic mass is 35.5. The predicted octanol–water partition coefficient (Wildman–Crippen LogP) is 2.91. The average Bonchev–Trinajstić information content (AvgIpc) is 2.28. The van der Waals surface area contributed by atoms with Crippen molar-refractivity contribution in [3.63, 3.8) is 0 Å². The van der Waals surface area contributed by atoms with E-state index in [1.165, 1.54) is 0 Å². The molecule has 1 rings (SSSR count). The van der Waals surface area contributed by atoms with E-state index in [9.17, 15) is 5.11 Å². The monoisotopic (exact) mass is 270 g/mol. The van der Waals surface area contributed by atoms with Crippen LogP contribution in [0.5, 0.6) is 0 Å². The molecule has 4 N–H and O–H groups in total. The van der Waals surface area contributed by atoms with Crippen LogP contribution in [0.1, 0.15) is 44.9 Å². The van der Waals surface area contributed by atoms with Gasteiger partial charge >= 0.3 is 0 Å². The van der Waals surface area contributed by atoms with Gasteiger partial charge in [0.1, 0.15) is 0 Å². The SMILES string of the molecule is CCc1cc(C(O)CNC(C)(C)C)cc(Cl)c1N. The number of β-amino-alcohol motifs (C(OH)–C–C–N with tert-alkyl or cyclic N) is 1. The number of aliphatic hydroxyl groups is 1. The van der Waals surface area contributed by atoms with Crippen molar-refractivity contribution in [2.24, 2.45) is 0 Å². The van der Waals surface area contributed by atoms with Gasteiger partial charge in [0.25, 0.3) is 0 Å². The molecule has 0 aliphatic heterocycles. The number of anilines is 1. The number of aryl methyl sites for hydroxylation is 1. The maximum absolute atomic E-state index is 10.2. The highest BCUT2D eigenvalue weighted by molar-refractivity contribution is 6.33. The Bertz CT molecular complexity index is 413. The Kier molecular flexibility index (Phi) is 5.02. The molecule has 0 fully saturated rings. The summed E-state index contributed by atoms with van der Waals surface area (Å²) in [5, 5.41) is 13.9. The van der Waals surface area contributed by atoms with Crippen LogP contribution in [0.3, 0.4) is 0 Å². The van der Waals surface area contributed by atoms with E-state index >= 15 is 0 Å². The van der Waals surface area contributed by atoms with E-state index in [1.807, 2.05) is 13.0 Å². The number of halogens is 1. The van der Waals surface area contributed by atoms with Crippen LogP contribution >= 0.6 is 11.6 Å². The van der Waals surface area contributed by atoms with E-state index in [2.05, 4.69) is 26.1 Å². The Balaban J connectivity index is 2.86. The van der Waals surface area contributed by atoms with Crippen molar-refractivity contribution in [3.05, 3.63) is 28.3 Å². The maximum atomic E-state index is 10.2. The molecule has 0 spiro atoms. The third-order valence-electron chi connectivity index (χ3n) is 2.83. The van der Waals surface area contributed by atoms with E-state index in [1.54, 1.807) is 6.07 Å². The first-order valence-electron chi connectivity index (χ1n) is 6.25. The van der Waals surface area contributed by atoms with E-state index in [0.29, 0.717) is 17.3 Å². The summed E-state index contributed by atoms with van der Waals surface area (Å²) in [7, 11) is 0. The van der Waals surface area contributed by atoms with Gasteiger partial charge < -0.3 is 16.2 Å². The van der Waals surface area contributed by atoms with Crippen molar-refractivity contribution in [1.82, 2.24) is 5.32 Å². The summed E-state index contributed by atoms with van der Waals surface area (Å²) in [6.45, 7) is 8.70. The fraction of sp³-hybridized carbons (Fsp3) is 0.571. The lowest BCUT2D eigenvalue weighted by Gasteiger charge is -2.23. The minimum absolute atomic E-state index is 0.0217. The zero-order valence-corrected chi connectivity index (χ0v) is 12.3. The number of hydrogen-bond donors (Lipinski definition) is 3. The van der Waals surface area contributed by atoms with Crippen molar-refractivity contribution in [3.8, 4) is 0 Å². The Labute approximate surface area is 114 Å². The minimum Gasteiger partial charge on any atom is -0.397 e. The fourth-order valence-electron chi connectivity index (χ4n) is 1.70. The maximum Gasteiger partial charge on any atom is 0.0915 e. The molecular weight excluding hydrogens is 248 g/mol. The molecule has 0 radical (unpaired) electrons. The van der Waals surface area contributed by atoms with Crippen LogP contribution < -0.4 is 11.1 Å². The molecular formula is C14H23ClN2O. The molecule has 0 saturated carbocycles. The first kappa shape index (κ1) is 15.3. The average molecular weight is 271 g/mol. The molecule has 0 bridgehead atoms. The van der Waals surface area contributed by atoms with Gasteiger partial charge in [0.15, 0.2) is 0 Å². The zero-order chi connectivity index (χ0) is 13.9. The van der Waals surface area contributed by atoms with Gasteiger partial charge in [0.2, 0.25) is 0 Å². The van der Waals surface area contributed by atoms with Crippen LogP contribution in [0.15, 0.2) is 12.1 Å². The first-order valence-corrected chi connectivity index (χ1v) is 6.63. The predicted molar refractivity (Wildman–Crippen MR) is 78.0 cm³/mol. The molecule has 0 amide bonds. The first-order chi connectivity index (χ1) is 8.24. The molecule has 18 heavy (non-hydrogen) atoms. The lowest BCUT2D eigenvalue weighted by molar-refractivity contribution is 0.163. The van der Waals surface area contributed by atoms with Crippen molar-refractivity contribution in [2.45, 2.75) is 45.8 Å².